The average molecular weight is 507 g/mol. The second-order valence-electron chi connectivity index (χ2n) is 9.53. The van der Waals surface area contributed by atoms with Gasteiger partial charge < -0.3 is 14.8 Å². The van der Waals surface area contributed by atoms with Crippen molar-refractivity contribution in [3.05, 3.63) is 59.7 Å². The van der Waals surface area contributed by atoms with Crippen molar-refractivity contribution in [2.24, 2.45) is 17.8 Å². The van der Waals surface area contributed by atoms with Gasteiger partial charge in [0.25, 0.3) is 5.91 Å². The molecule has 2 aromatic rings. The lowest BCUT2D eigenvalue weighted by Crippen LogP contribution is -2.31. The third kappa shape index (κ3) is 5.87. The molecule has 194 valence electrons. The predicted octanol–water partition coefficient (Wildman–Crippen LogP) is 3.97. The number of hydrogen-bond donors (Lipinski definition) is 1. The Kier molecular flexibility index (Phi) is 8.01. The zero-order chi connectivity index (χ0) is 26.5. The minimum atomic E-state index is -0.754. The number of fused-ring (bicyclic) bond motifs is 1. The number of nitrogens with zero attached hydrogens (tertiary/aromatic N) is 1. The lowest BCUT2D eigenvalue weighted by molar-refractivity contribution is -0.122. The number of rotatable bonds is 8. The molecule has 0 unspecified atom stereocenters. The molecule has 37 heavy (non-hydrogen) atoms. The first-order chi connectivity index (χ1) is 17.8. The van der Waals surface area contributed by atoms with Gasteiger partial charge in [-0.15, -0.1) is 0 Å². The van der Waals surface area contributed by atoms with Crippen LogP contribution >= 0.6 is 0 Å². The highest BCUT2D eigenvalue weighted by molar-refractivity contribution is 6.22. The van der Waals surface area contributed by atoms with Crippen LogP contribution in [0.5, 0.6) is 0 Å². The molecule has 1 saturated carbocycles. The number of imide groups is 1. The van der Waals surface area contributed by atoms with Gasteiger partial charge in [0.1, 0.15) is 0 Å². The van der Waals surface area contributed by atoms with Crippen molar-refractivity contribution in [3.8, 4) is 0 Å². The van der Waals surface area contributed by atoms with Gasteiger partial charge in [-0.3, -0.25) is 19.3 Å². The summed E-state index contributed by atoms with van der Waals surface area (Å²) in [6.07, 6.45) is 3.01. The van der Waals surface area contributed by atoms with Crippen molar-refractivity contribution in [2.75, 3.05) is 23.4 Å². The van der Waals surface area contributed by atoms with Crippen LogP contribution in [0.15, 0.2) is 48.5 Å². The van der Waals surface area contributed by atoms with E-state index in [9.17, 15) is 24.0 Å². The standard InChI is InChI=1S/C28H30N2O7/c1-3-13-36-27(34)18-8-10-20(11-9-18)29-24(31)16-37-28(35)19-5-4-6-21(15-19)30-25(32)22-12-7-17(2)14-23(22)26(30)33/h4-6,8-11,15,17,22-23H,3,7,12-14,16H2,1-2H3,(H,29,31)/t17-,22+,23+/m0/s1. The SMILES string of the molecule is CCCOC(=O)c1ccc(NC(=O)COC(=O)c2cccc(N3C(=O)[C@@H]4CC[C@H](C)C[C@H]4C3=O)c2)cc1. The summed E-state index contributed by atoms with van der Waals surface area (Å²) in [7, 11) is 0. The average Bonchev–Trinajstić information content (AvgIpc) is 3.15. The molecule has 1 saturated heterocycles. The summed E-state index contributed by atoms with van der Waals surface area (Å²) in [6.45, 7) is 3.78. The minimum absolute atomic E-state index is 0.129. The summed E-state index contributed by atoms with van der Waals surface area (Å²) in [6, 6.07) is 12.3. The molecular formula is C28H30N2O7. The highest BCUT2D eigenvalue weighted by Crippen LogP contribution is 2.42. The Labute approximate surface area is 215 Å². The summed E-state index contributed by atoms with van der Waals surface area (Å²) in [5, 5.41) is 2.59. The maximum atomic E-state index is 13.0. The van der Waals surface area contributed by atoms with Gasteiger partial charge in [-0.2, -0.15) is 0 Å². The molecule has 9 heteroatoms. The largest absolute Gasteiger partial charge is 0.462 e. The van der Waals surface area contributed by atoms with Crippen molar-refractivity contribution < 1.29 is 33.4 Å². The van der Waals surface area contributed by atoms with E-state index in [1.807, 2.05) is 6.92 Å². The molecule has 2 aromatic carbocycles. The minimum Gasteiger partial charge on any atom is -0.462 e. The highest BCUT2D eigenvalue weighted by atomic mass is 16.5. The summed E-state index contributed by atoms with van der Waals surface area (Å²) in [4.78, 5) is 63.8. The third-order valence-electron chi connectivity index (χ3n) is 6.70. The first-order valence-electron chi connectivity index (χ1n) is 12.5. The van der Waals surface area contributed by atoms with Crippen LogP contribution in [0.4, 0.5) is 11.4 Å². The van der Waals surface area contributed by atoms with Gasteiger partial charge in [-0.05, 0) is 74.1 Å². The summed E-state index contributed by atoms with van der Waals surface area (Å²) >= 11 is 0. The van der Waals surface area contributed by atoms with Gasteiger partial charge in [0.15, 0.2) is 6.61 Å². The van der Waals surface area contributed by atoms with Crippen LogP contribution in [0.2, 0.25) is 0 Å². The maximum Gasteiger partial charge on any atom is 0.338 e. The predicted molar refractivity (Wildman–Crippen MR) is 135 cm³/mol. The van der Waals surface area contributed by atoms with Crippen molar-refractivity contribution in [1.29, 1.82) is 0 Å². The van der Waals surface area contributed by atoms with Gasteiger partial charge >= 0.3 is 11.9 Å². The Balaban J connectivity index is 1.33. The Hall–Kier alpha value is -4.01. The summed E-state index contributed by atoms with van der Waals surface area (Å²) in [5.41, 5.74) is 1.25. The number of benzene rings is 2. The zero-order valence-electron chi connectivity index (χ0n) is 20.9. The number of carbonyl (C=O) groups excluding carboxylic acids is 5. The molecular weight excluding hydrogens is 476 g/mol. The Bertz CT molecular complexity index is 1210. The van der Waals surface area contributed by atoms with E-state index in [4.69, 9.17) is 9.47 Å². The summed E-state index contributed by atoms with van der Waals surface area (Å²) < 4.78 is 10.2. The Morgan fingerprint density at radius 3 is 2.35 bits per heavy atom. The number of ether oxygens (including phenoxy) is 2. The van der Waals surface area contributed by atoms with Crippen molar-refractivity contribution >= 4 is 41.0 Å². The van der Waals surface area contributed by atoms with Crippen molar-refractivity contribution in [2.45, 2.75) is 39.5 Å². The molecule has 9 nitrogen and oxygen atoms in total. The second-order valence-corrected chi connectivity index (χ2v) is 9.53. The third-order valence-corrected chi connectivity index (χ3v) is 6.70. The Morgan fingerprint density at radius 2 is 1.62 bits per heavy atom. The maximum absolute atomic E-state index is 13.0. The quantitative estimate of drug-likeness (QED) is 0.425. The van der Waals surface area contributed by atoms with E-state index < -0.39 is 24.5 Å². The molecule has 2 fully saturated rings. The number of carbonyl (C=O) groups is 5. The molecule has 4 rings (SSSR count). The first kappa shape index (κ1) is 26.1. The van der Waals surface area contributed by atoms with E-state index in [-0.39, 0.29) is 29.2 Å². The van der Waals surface area contributed by atoms with Crippen LogP contribution in [0.1, 0.15) is 60.2 Å². The number of nitrogens with one attached hydrogen (secondary N) is 1. The number of anilines is 2. The molecule has 3 atom stereocenters. The van der Waals surface area contributed by atoms with Crippen LogP contribution in [0.25, 0.3) is 0 Å². The summed E-state index contributed by atoms with van der Waals surface area (Å²) in [5.74, 6) is -2.43. The molecule has 2 aliphatic rings. The molecule has 0 bridgehead atoms. The van der Waals surface area contributed by atoms with Gasteiger partial charge in [-0.25, -0.2) is 9.59 Å². The first-order valence-corrected chi connectivity index (χ1v) is 12.5. The van der Waals surface area contributed by atoms with E-state index in [0.717, 1.165) is 12.8 Å². The normalized spacial score (nSPS) is 20.8. The van der Waals surface area contributed by atoms with E-state index in [1.54, 1.807) is 24.3 Å². The molecule has 0 spiro atoms. The van der Waals surface area contributed by atoms with Crippen LogP contribution in [-0.4, -0.2) is 42.9 Å². The molecule has 1 N–H and O–H groups in total. The molecule has 0 radical (unpaired) electrons. The lowest BCUT2D eigenvalue weighted by atomic mass is 9.76. The van der Waals surface area contributed by atoms with Gasteiger partial charge in [0, 0.05) is 5.69 Å². The van der Waals surface area contributed by atoms with Crippen LogP contribution in [0, 0.1) is 17.8 Å². The molecule has 3 amide bonds. The highest BCUT2D eigenvalue weighted by Gasteiger charge is 2.50. The number of hydrogen-bond acceptors (Lipinski definition) is 7. The van der Waals surface area contributed by atoms with E-state index in [0.29, 0.717) is 42.3 Å². The fourth-order valence-corrected chi connectivity index (χ4v) is 4.80. The molecule has 1 heterocycles. The van der Waals surface area contributed by atoms with Gasteiger partial charge in [-0.1, -0.05) is 19.9 Å². The van der Waals surface area contributed by atoms with E-state index in [1.165, 1.54) is 29.2 Å². The number of esters is 2. The van der Waals surface area contributed by atoms with E-state index in [2.05, 4.69) is 12.2 Å². The Morgan fingerprint density at radius 1 is 0.919 bits per heavy atom. The van der Waals surface area contributed by atoms with Gasteiger partial charge in [0.2, 0.25) is 11.8 Å². The number of amides is 3. The monoisotopic (exact) mass is 506 g/mol. The van der Waals surface area contributed by atoms with Crippen LogP contribution < -0.4 is 10.2 Å². The van der Waals surface area contributed by atoms with Crippen molar-refractivity contribution in [1.82, 2.24) is 0 Å². The topological polar surface area (TPSA) is 119 Å². The lowest BCUT2D eigenvalue weighted by Gasteiger charge is -2.25. The molecule has 0 aromatic heterocycles. The zero-order valence-corrected chi connectivity index (χ0v) is 20.9. The molecule has 1 aliphatic heterocycles. The smallest absolute Gasteiger partial charge is 0.338 e. The fourth-order valence-electron chi connectivity index (χ4n) is 4.80. The van der Waals surface area contributed by atoms with Crippen molar-refractivity contribution in [3.63, 3.8) is 0 Å². The van der Waals surface area contributed by atoms with E-state index >= 15 is 0 Å². The van der Waals surface area contributed by atoms with Gasteiger partial charge in [0.05, 0.1) is 35.3 Å². The fraction of sp³-hybridized carbons (Fsp3) is 0.393. The van der Waals surface area contributed by atoms with Crippen LogP contribution in [0.3, 0.4) is 0 Å². The second kappa shape index (κ2) is 11.4. The molecule has 1 aliphatic carbocycles. The van der Waals surface area contributed by atoms with Crippen LogP contribution in [-0.2, 0) is 23.9 Å².